The molecule has 1 N–H and O–H groups in total. The fourth-order valence-electron chi connectivity index (χ4n) is 2.47. The first-order valence-electron chi connectivity index (χ1n) is 7.49. The van der Waals surface area contributed by atoms with Gasteiger partial charge in [-0.1, -0.05) is 23.9 Å². The van der Waals surface area contributed by atoms with E-state index in [0.29, 0.717) is 11.0 Å². The number of carbonyl (C=O) groups excluding carboxylic acids is 2. The topological polar surface area (TPSA) is 74.1 Å². The van der Waals surface area contributed by atoms with Gasteiger partial charge < -0.3 is 5.32 Å². The molecule has 2 amide bonds. The molecule has 120 valence electrons. The molecule has 7 heteroatoms. The second-order valence-corrected chi connectivity index (χ2v) is 6.67. The maximum absolute atomic E-state index is 12.4. The zero-order valence-corrected chi connectivity index (χ0v) is 14.1. The number of thioether (sulfide) groups is 1. The number of amides is 2. The van der Waals surface area contributed by atoms with E-state index in [9.17, 15) is 9.59 Å². The predicted octanol–water partition coefficient (Wildman–Crippen LogP) is 1.92. The number of carbonyl (C=O) groups is 2. The number of fused-ring (bicyclic) bond motifs is 3. The van der Waals surface area contributed by atoms with Crippen LogP contribution in [0.1, 0.15) is 26.3 Å². The van der Waals surface area contributed by atoms with E-state index in [-0.39, 0.29) is 23.6 Å². The third kappa shape index (κ3) is 3.01. The molecule has 23 heavy (non-hydrogen) atoms. The van der Waals surface area contributed by atoms with Gasteiger partial charge in [0.25, 0.3) is 5.91 Å². The van der Waals surface area contributed by atoms with Gasteiger partial charge in [-0.2, -0.15) is 0 Å². The van der Waals surface area contributed by atoms with Gasteiger partial charge in [0.2, 0.25) is 5.91 Å². The Bertz CT molecular complexity index is 727. The van der Waals surface area contributed by atoms with Gasteiger partial charge in [0.15, 0.2) is 5.17 Å². The van der Waals surface area contributed by atoms with E-state index in [0.717, 1.165) is 11.3 Å². The van der Waals surface area contributed by atoms with E-state index in [4.69, 9.17) is 0 Å². The highest BCUT2D eigenvalue weighted by atomic mass is 32.2. The molecule has 3 rings (SSSR count). The molecule has 2 aliphatic rings. The average molecular weight is 330 g/mol. The highest BCUT2D eigenvalue weighted by molar-refractivity contribution is 8.14. The minimum Gasteiger partial charge on any atom is -0.353 e. The first kappa shape index (κ1) is 15.7. The molecule has 2 aliphatic heterocycles. The molecular formula is C16H18N4O2S. The van der Waals surface area contributed by atoms with Crippen molar-refractivity contribution < 1.29 is 9.59 Å². The Kier molecular flexibility index (Phi) is 4.21. The minimum atomic E-state index is -0.425. The van der Waals surface area contributed by atoms with Crippen LogP contribution < -0.4 is 5.32 Å². The molecule has 2 heterocycles. The third-order valence-electron chi connectivity index (χ3n) is 3.44. The normalized spacial score (nSPS) is 19.2. The number of benzene rings is 1. The molecule has 0 spiro atoms. The third-order valence-corrected chi connectivity index (χ3v) is 4.38. The van der Waals surface area contributed by atoms with E-state index in [2.05, 4.69) is 15.3 Å². The molecule has 1 atom stereocenters. The van der Waals surface area contributed by atoms with Crippen molar-refractivity contribution in [2.45, 2.75) is 32.9 Å². The minimum absolute atomic E-state index is 0.0789. The van der Waals surface area contributed by atoms with E-state index in [1.807, 2.05) is 38.1 Å². The van der Waals surface area contributed by atoms with Gasteiger partial charge in [-0.15, -0.1) is 0 Å². The summed E-state index contributed by atoms with van der Waals surface area (Å²) in [5.41, 5.74) is 1.62. The van der Waals surface area contributed by atoms with Crippen LogP contribution in [0, 0.1) is 0 Å². The smallest absolute Gasteiger partial charge is 0.258 e. The average Bonchev–Trinajstić information content (AvgIpc) is 2.80. The summed E-state index contributed by atoms with van der Waals surface area (Å²) in [5, 5.41) is 3.34. The van der Waals surface area contributed by atoms with Crippen LogP contribution in [0.2, 0.25) is 0 Å². The van der Waals surface area contributed by atoms with Crippen LogP contribution in [0.4, 0.5) is 5.69 Å². The highest BCUT2D eigenvalue weighted by Crippen LogP contribution is 2.33. The van der Waals surface area contributed by atoms with Gasteiger partial charge in [-0.25, -0.2) is 9.89 Å². The molecule has 1 aromatic rings. The van der Waals surface area contributed by atoms with Gasteiger partial charge in [0.1, 0.15) is 11.9 Å². The Morgan fingerprint density at radius 1 is 1.39 bits per heavy atom. The maximum atomic E-state index is 12.4. The number of hydrogen-bond acceptors (Lipinski definition) is 5. The van der Waals surface area contributed by atoms with Crippen LogP contribution in [0.5, 0.6) is 0 Å². The van der Waals surface area contributed by atoms with Gasteiger partial charge in [-0.3, -0.25) is 14.6 Å². The lowest BCUT2D eigenvalue weighted by atomic mass is 10.1. The van der Waals surface area contributed by atoms with Gasteiger partial charge in [-0.05, 0) is 32.9 Å². The molecule has 0 aromatic heterocycles. The number of nitrogens with one attached hydrogen (secondary N) is 1. The van der Waals surface area contributed by atoms with E-state index in [1.165, 1.54) is 16.7 Å². The molecule has 0 aliphatic carbocycles. The fourth-order valence-corrected chi connectivity index (χ4v) is 3.28. The second kappa shape index (κ2) is 6.16. The van der Waals surface area contributed by atoms with Crippen molar-refractivity contribution in [3.8, 4) is 0 Å². The molecule has 1 aromatic carbocycles. The van der Waals surface area contributed by atoms with Crippen molar-refractivity contribution in [2.24, 2.45) is 9.98 Å². The summed E-state index contributed by atoms with van der Waals surface area (Å²) >= 11 is 1.26. The summed E-state index contributed by atoms with van der Waals surface area (Å²) in [6.07, 6.45) is 0. The van der Waals surface area contributed by atoms with Crippen molar-refractivity contribution in [2.75, 3.05) is 5.75 Å². The lowest BCUT2D eigenvalue weighted by molar-refractivity contribution is -0.124. The van der Waals surface area contributed by atoms with Crippen LogP contribution in [-0.2, 0) is 9.59 Å². The summed E-state index contributed by atoms with van der Waals surface area (Å²) < 4.78 is 0. The highest BCUT2D eigenvalue weighted by Gasteiger charge is 2.39. The standard InChI is InChI=1S/C16H18N4O2S/c1-9(2)17-13(21)8-23-16-19-12-7-5-4-6-11(12)14-18-10(3)15(22)20(14)16/h4-7,9-10H,8H2,1-3H3,(H,17,21)/t10-/m1/s1. The second-order valence-electron chi connectivity index (χ2n) is 5.72. The molecule has 0 saturated carbocycles. The predicted molar refractivity (Wildman–Crippen MR) is 92.1 cm³/mol. The summed E-state index contributed by atoms with van der Waals surface area (Å²) in [7, 11) is 0. The van der Waals surface area contributed by atoms with E-state index < -0.39 is 6.04 Å². The van der Waals surface area contributed by atoms with Crippen molar-refractivity contribution in [3.63, 3.8) is 0 Å². The summed E-state index contributed by atoms with van der Waals surface area (Å²) in [4.78, 5) is 34.8. The van der Waals surface area contributed by atoms with Crippen LogP contribution >= 0.6 is 11.8 Å². The Morgan fingerprint density at radius 2 is 2.13 bits per heavy atom. The Balaban J connectivity index is 1.88. The lowest BCUT2D eigenvalue weighted by Crippen LogP contribution is -2.41. The van der Waals surface area contributed by atoms with E-state index >= 15 is 0 Å². The zero-order valence-electron chi connectivity index (χ0n) is 13.2. The first-order chi connectivity index (χ1) is 11.0. The number of para-hydroxylation sites is 1. The summed E-state index contributed by atoms with van der Waals surface area (Å²) in [6, 6.07) is 7.25. The lowest BCUT2D eigenvalue weighted by Gasteiger charge is -2.25. The van der Waals surface area contributed by atoms with Crippen LogP contribution in [-0.4, -0.2) is 45.6 Å². The van der Waals surface area contributed by atoms with Gasteiger partial charge >= 0.3 is 0 Å². The molecule has 0 fully saturated rings. The van der Waals surface area contributed by atoms with Crippen LogP contribution in [0.3, 0.4) is 0 Å². The van der Waals surface area contributed by atoms with Crippen molar-refractivity contribution in [3.05, 3.63) is 29.8 Å². The van der Waals surface area contributed by atoms with E-state index in [1.54, 1.807) is 6.92 Å². The van der Waals surface area contributed by atoms with Crippen molar-refractivity contribution in [1.82, 2.24) is 10.2 Å². The number of rotatable bonds is 3. The maximum Gasteiger partial charge on any atom is 0.258 e. The quantitative estimate of drug-likeness (QED) is 0.920. The SMILES string of the molecule is CC(C)NC(=O)CSC1=Nc2ccccc2C2=N[C@H](C)C(=O)N12. The Hall–Kier alpha value is -2.15. The largest absolute Gasteiger partial charge is 0.353 e. The molecule has 0 radical (unpaired) electrons. The summed E-state index contributed by atoms with van der Waals surface area (Å²) in [5.74, 6) is 0.652. The van der Waals surface area contributed by atoms with Gasteiger partial charge in [0, 0.05) is 11.6 Å². The molecular weight excluding hydrogens is 312 g/mol. The molecule has 0 saturated heterocycles. The molecule has 6 nitrogen and oxygen atoms in total. The fraction of sp³-hybridized carbons (Fsp3) is 0.375. The number of hydrogen-bond donors (Lipinski definition) is 1. The Morgan fingerprint density at radius 3 is 2.87 bits per heavy atom. The molecule has 0 bridgehead atoms. The van der Waals surface area contributed by atoms with Gasteiger partial charge in [0.05, 0.1) is 11.4 Å². The number of amidine groups is 2. The number of aliphatic imine (C=N–C) groups is 2. The number of nitrogens with zero attached hydrogens (tertiary/aromatic N) is 3. The van der Waals surface area contributed by atoms with Crippen molar-refractivity contribution >= 4 is 40.3 Å². The monoisotopic (exact) mass is 330 g/mol. The Labute approximate surface area is 139 Å². The molecule has 0 unspecified atom stereocenters. The van der Waals surface area contributed by atoms with Crippen molar-refractivity contribution in [1.29, 1.82) is 0 Å². The van der Waals surface area contributed by atoms with Crippen LogP contribution in [0.25, 0.3) is 0 Å². The first-order valence-corrected chi connectivity index (χ1v) is 8.48. The summed E-state index contributed by atoms with van der Waals surface area (Å²) in [6.45, 7) is 5.59. The zero-order chi connectivity index (χ0) is 16.6. The van der Waals surface area contributed by atoms with Crippen LogP contribution in [0.15, 0.2) is 34.3 Å².